The van der Waals surface area contributed by atoms with Gasteiger partial charge in [-0.25, -0.2) is 0 Å². The van der Waals surface area contributed by atoms with Gasteiger partial charge in [-0.3, -0.25) is 0 Å². The van der Waals surface area contributed by atoms with Gasteiger partial charge in [0.25, 0.3) is 0 Å². The zero-order valence-electron chi connectivity index (χ0n) is 8.42. The zero-order valence-corrected chi connectivity index (χ0v) is 9.24. The second kappa shape index (κ2) is 2.71. The first kappa shape index (κ1) is 8.25. The number of benzene rings is 1. The van der Waals surface area contributed by atoms with Gasteiger partial charge in [0.05, 0.1) is 0 Å². The van der Waals surface area contributed by atoms with Crippen LogP contribution < -0.4 is 0 Å². The topological polar surface area (TPSA) is 0 Å². The van der Waals surface area contributed by atoms with Crippen LogP contribution in [0.15, 0.2) is 24.3 Å². The first-order valence-electron chi connectivity index (χ1n) is 4.94. The first-order valence-corrected chi connectivity index (χ1v) is 5.76. The van der Waals surface area contributed by atoms with Crippen LogP contribution in [0, 0.1) is 13.8 Å². The number of rotatable bonds is 0. The van der Waals surface area contributed by atoms with Crippen LogP contribution >= 0.6 is 11.3 Å². The van der Waals surface area contributed by atoms with Crippen LogP contribution in [0.2, 0.25) is 0 Å². The fourth-order valence-corrected chi connectivity index (χ4v) is 3.48. The maximum atomic E-state index is 2.25. The van der Waals surface area contributed by atoms with Crippen molar-refractivity contribution in [1.82, 2.24) is 0 Å². The first-order chi connectivity index (χ1) is 6.77. The lowest BCUT2D eigenvalue weighted by molar-refractivity contribution is 1.31. The molecule has 0 fully saturated rings. The maximum absolute atomic E-state index is 2.25. The molecule has 0 bridgehead atoms. The van der Waals surface area contributed by atoms with Gasteiger partial charge in [-0.1, -0.05) is 24.3 Å². The van der Waals surface area contributed by atoms with E-state index in [1.54, 1.807) is 4.88 Å². The Bertz CT molecular complexity index is 506. The van der Waals surface area contributed by atoms with Crippen LogP contribution in [0.3, 0.4) is 0 Å². The largest absolute Gasteiger partial charge is 0.144 e. The Hall–Kier alpha value is -1.08. The van der Waals surface area contributed by atoms with Gasteiger partial charge >= 0.3 is 0 Å². The van der Waals surface area contributed by atoms with Crippen LogP contribution in [0.5, 0.6) is 0 Å². The van der Waals surface area contributed by atoms with E-state index in [-0.39, 0.29) is 0 Å². The molecule has 2 aromatic rings. The Balaban J connectivity index is 2.34. The minimum absolute atomic E-state index is 1.14. The SMILES string of the molecule is Cc1sc2c(c1C)-c1ccccc1C2. The lowest BCUT2D eigenvalue weighted by Gasteiger charge is -2.00. The Labute approximate surface area is 88.2 Å². The predicted molar refractivity (Wildman–Crippen MR) is 62.0 cm³/mol. The minimum atomic E-state index is 1.14. The van der Waals surface area contributed by atoms with E-state index in [9.17, 15) is 0 Å². The maximum Gasteiger partial charge on any atom is 0.0173 e. The molecule has 0 spiro atoms. The molecule has 70 valence electrons. The van der Waals surface area contributed by atoms with Gasteiger partial charge in [0.15, 0.2) is 0 Å². The summed E-state index contributed by atoms with van der Waals surface area (Å²) in [7, 11) is 0. The summed E-state index contributed by atoms with van der Waals surface area (Å²) < 4.78 is 0. The van der Waals surface area contributed by atoms with E-state index in [0.29, 0.717) is 0 Å². The van der Waals surface area contributed by atoms with Crippen molar-refractivity contribution in [2.75, 3.05) is 0 Å². The molecule has 0 unspecified atom stereocenters. The lowest BCUT2D eigenvalue weighted by atomic mass is 10.0. The second-order valence-electron chi connectivity index (χ2n) is 3.92. The van der Waals surface area contributed by atoms with Gasteiger partial charge in [-0.15, -0.1) is 11.3 Å². The molecule has 1 aromatic heterocycles. The van der Waals surface area contributed by atoms with Crippen molar-refractivity contribution >= 4 is 11.3 Å². The summed E-state index contributed by atoms with van der Waals surface area (Å²) >= 11 is 1.96. The standard InChI is InChI=1S/C13H12S/c1-8-9(2)14-12-7-10-5-3-4-6-11(10)13(8)12/h3-6H,7H2,1-2H3. The number of aryl methyl sites for hydroxylation is 1. The van der Waals surface area contributed by atoms with Crippen molar-refractivity contribution in [1.29, 1.82) is 0 Å². The van der Waals surface area contributed by atoms with Crippen LogP contribution in [-0.4, -0.2) is 0 Å². The second-order valence-corrected chi connectivity index (χ2v) is 5.22. The average Bonchev–Trinajstić information content (AvgIpc) is 2.65. The minimum Gasteiger partial charge on any atom is -0.144 e. The van der Waals surface area contributed by atoms with E-state index >= 15 is 0 Å². The zero-order chi connectivity index (χ0) is 9.71. The quantitative estimate of drug-likeness (QED) is 0.515. The summed E-state index contributed by atoms with van der Waals surface area (Å²) in [4.78, 5) is 3.03. The molecule has 1 aliphatic carbocycles. The van der Waals surface area contributed by atoms with E-state index in [4.69, 9.17) is 0 Å². The Morgan fingerprint density at radius 3 is 2.79 bits per heavy atom. The van der Waals surface area contributed by atoms with E-state index in [2.05, 4.69) is 38.1 Å². The highest BCUT2D eigenvalue weighted by Gasteiger charge is 2.22. The Morgan fingerprint density at radius 2 is 1.93 bits per heavy atom. The molecule has 1 aromatic carbocycles. The van der Waals surface area contributed by atoms with E-state index in [0.717, 1.165) is 6.42 Å². The summed E-state index contributed by atoms with van der Waals surface area (Å²) in [5.41, 5.74) is 5.96. The van der Waals surface area contributed by atoms with Gasteiger partial charge in [0.1, 0.15) is 0 Å². The summed E-state index contributed by atoms with van der Waals surface area (Å²) in [6.45, 7) is 4.47. The molecule has 0 N–H and O–H groups in total. The van der Waals surface area contributed by atoms with Crippen molar-refractivity contribution in [3.63, 3.8) is 0 Å². The highest BCUT2D eigenvalue weighted by Crippen LogP contribution is 2.44. The molecule has 0 saturated heterocycles. The Morgan fingerprint density at radius 1 is 1.14 bits per heavy atom. The molecule has 1 heterocycles. The molecule has 0 saturated carbocycles. The molecular formula is C13H12S. The van der Waals surface area contributed by atoms with Crippen molar-refractivity contribution < 1.29 is 0 Å². The van der Waals surface area contributed by atoms with Crippen LogP contribution in [0.4, 0.5) is 0 Å². The van der Waals surface area contributed by atoms with Gasteiger partial charge in [-0.05, 0) is 36.1 Å². The highest BCUT2D eigenvalue weighted by atomic mass is 32.1. The van der Waals surface area contributed by atoms with E-state index in [1.165, 1.54) is 27.1 Å². The number of hydrogen-bond acceptors (Lipinski definition) is 1. The molecule has 0 radical (unpaired) electrons. The van der Waals surface area contributed by atoms with E-state index in [1.807, 2.05) is 11.3 Å². The molecule has 1 heteroatoms. The van der Waals surface area contributed by atoms with Crippen molar-refractivity contribution in [3.8, 4) is 11.1 Å². The summed E-state index contributed by atoms with van der Waals surface area (Å²) in [5, 5.41) is 0. The summed E-state index contributed by atoms with van der Waals surface area (Å²) in [5.74, 6) is 0. The molecule has 1 aliphatic rings. The molecule has 0 atom stereocenters. The van der Waals surface area contributed by atoms with Gasteiger partial charge in [0, 0.05) is 16.2 Å². The number of fused-ring (bicyclic) bond motifs is 3. The van der Waals surface area contributed by atoms with Crippen molar-refractivity contribution in [2.45, 2.75) is 20.3 Å². The molecule has 0 amide bonds. The smallest absolute Gasteiger partial charge is 0.0173 e. The van der Waals surface area contributed by atoms with Crippen molar-refractivity contribution in [3.05, 3.63) is 45.1 Å². The van der Waals surface area contributed by atoms with Crippen LogP contribution in [-0.2, 0) is 6.42 Å². The highest BCUT2D eigenvalue weighted by molar-refractivity contribution is 7.12. The van der Waals surface area contributed by atoms with E-state index < -0.39 is 0 Å². The molecule has 0 nitrogen and oxygen atoms in total. The third-order valence-electron chi connectivity index (χ3n) is 3.10. The number of hydrogen-bond donors (Lipinski definition) is 0. The normalized spacial score (nSPS) is 12.7. The molecule has 14 heavy (non-hydrogen) atoms. The molecule has 3 rings (SSSR count). The lowest BCUT2D eigenvalue weighted by Crippen LogP contribution is -1.79. The molecule has 0 aliphatic heterocycles. The third kappa shape index (κ3) is 0.934. The molecular weight excluding hydrogens is 188 g/mol. The fraction of sp³-hybridized carbons (Fsp3) is 0.231. The average molecular weight is 200 g/mol. The number of thiophene rings is 1. The fourth-order valence-electron chi connectivity index (χ4n) is 2.27. The third-order valence-corrected chi connectivity index (χ3v) is 4.30. The van der Waals surface area contributed by atoms with Crippen LogP contribution in [0.1, 0.15) is 20.9 Å². The predicted octanol–water partition coefficient (Wildman–Crippen LogP) is 3.94. The summed E-state index contributed by atoms with van der Waals surface area (Å²) in [6, 6.07) is 8.77. The Kier molecular flexibility index (Phi) is 1.59. The van der Waals surface area contributed by atoms with Gasteiger partial charge < -0.3 is 0 Å². The van der Waals surface area contributed by atoms with Crippen LogP contribution in [0.25, 0.3) is 11.1 Å². The summed E-state index contributed by atoms with van der Waals surface area (Å²) in [6.07, 6.45) is 1.14. The van der Waals surface area contributed by atoms with Crippen molar-refractivity contribution in [2.24, 2.45) is 0 Å². The van der Waals surface area contributed by atoms with Gasteiger partial charge in [-0.2, -0.15) is 0 Å². The van der Waals surface area contributed by atoms with Gasteiger partial charge in [0.2, 0.25) is 0 Å². The monoisotopic (exact) mass is 200 g/mol.